The predicted molar refractivity (Wildman–Crippen MR) is 97.9 cm³/mol. The number of rotatable bonds is 4. The van der Waals surface area contributed by atoms with Crippen LogP contribution in [0.15, 0.2) is 59.1 Å². The molecule has 0 spiro atoms. The minimum Gasteiger partial charge on any atom is -0.497 e. The lowest BCUT2D eigenvalue weighted by atomic mass is 10.0. The molecule has 1 aromatic heterocycles. The van der Waals surface area contributed by atoms with Crippen molar-refractivity contribution in [1.82, 2.24) is 10.1 Å². The van der Waals surface area contributed by atoms with Gasteiger partial charge in [-0.2, -0.15) is 0 Å². The minimum atomic E-state index is -0.299. The van der Waals surface area contributed by atoms with E-state index in [0.29, 0.717) is 18.0 Å². The van der Waals surface area contributed by atoms with E-state index in [1.165, 1.54) is 12.1 Å². The fourth-order valence-corrected chi connectivity index (χ4v) is 3.51. The number of carbonyl (C=O) groups excluding carboxylic acids is 1. The fraction of sp³-hybridized carbons (Fsp3) is 0.238. The smallest absolute Gasteiger partial charge is 0.292 e. The largest absolute Gasteiger partial charge is 0.497 e. The van der Waals surface area contributed by atoms with Gasteiger partial charge >= 0.3 is 0 Å². The molecular weight excluding hydrogens is 347 g/mol. The third-order valence-electron chi connectivity index (χ3n) is 4.83. The van der Waals surface area contributed by atoms with E-state index in [1.807, 2.05) is 30.3 Å². The SMILES string of the molecule is COc1cccc(-c2cc(C(=O)N3CCC[C@@H]3c3cccc(F)c3)on2)c1. The van der Waals surface area contributed by atoms with Crippen LogP contribution in [-0.2, 0) is 0 Å². The molecule has 1 fully saturated rings. The highest BCUT2D eigenvalue weighted by atomic mass is 19.1. The molecule has 1 aliphatic rings. The molecule has 1 saturated heterocycles. The number of nitrogens with zero attached hydrogens (tertiary/aromatic N) is 2. The summed E-state index contributed by atoms with van der Waals surface area (Å²) < 4.78 is 24.1. The van der Waals surface area contributed by atoms with Crippen molar-refractivity contribution in [3.8, 4) is 17.0 Å². The molecule has 2 heterocycles. The van der Waals surface area contributed by atoms with Crippen LogP contribution in [-0.4, -0.2) is 29.6 Å². The molecule has 27 heavy (non-hydrogen) atoms. The topological polar surface area (TPSA) is 55.6 Å². The molecule has 1 aliphatic heterocycles. The predicted octanol–water partition coefficient (Wildman–Crippen LogP) is 4.47. The van der Waals surface area contributed by atoms with E-state index in [-0.39, 0.29) is 23.5 Å². The standard InChI is InChI=1S/C21H19FN2O3/c1-26-17-8-3-5-14(12-17)18-13-20(27-23-18)21(25)24-10-4-9-19(24)15-6-2-7-16(22)11-15/h2-3,5-8,11-13,19H,4,9-10H2,1H3/t19-/m1/s1. The number of hydrogen-bond donors (Lipinski definition) is 0. The molecule has 6 heteroatoms. The summed E-state index contributed by atoms with van der Waals surface area (Å²) in [4.78, 5) is 14.7. The lowest BCUT2D eigenvalue weighted by molar-refractivity contribution is 0.0693. The van der Waals surface area contributed by atoms with Gasteiger partial charge in [-0.3, -0.25) is 4.79 Å². The van der Waals surface area contributed by atoms with Crippen molar-refractivity contribution in [2.45, 2.75) is 18.9 Å². The number of hydrogen-bond acceptors (Lipinski definition) is 4. The van der Waals surface area contributed by atoms with E-state index in [1.54, 1.807) is 24.1 Å². The molecule has 138 valence electrons. The Morgan fingerprint density at radius 1 is 1.22 bits per heavy atom. The molecule has 1 amide bonds. The normalized spacial score (nSPS) is 16.5. The van der Waals surface area contributed by atoms with Crippen molar-refractivity contribution < 1.29 is 18.4 Å². The second kappa shape index (κ2) is 7.23. The van der Waals surface area contributed by atoms with Crippen molar-refractivity contribution in [2.24, 2.45) is 0 Å². The molecule has 0 radical (unpaired) electrons. The lowest BCUT2D eigenvalue weighted by Gasteiger charge is -2.23. The number of likely N-dealkylation sites (tertiary alicyclic amines) is 1. The summed E-state index contributed by atoms with van der Waals surface area (Å²) >= 11 is 0. The van der Waals surface area contributed by atoms with Crippen LogP contribution in [0.2, 0.25) is 0 Å². The number of benzene rings is 2. The van der Waals surface area contributed by atoms with Crippen LogP contribution in [0.4, 0.5) is 4.39 Å². The van der Waals surface area contributed by atoms with Crippen molar-refractivity contribution >= 4 is 5.91 Å². The molecule has 4 rings (SSSR count). The van der Waals surface area contributed by atoms with E-state index < -0.39 is 0 Å². The van der Waals surface area contributed by atoms with E-state index >= 15 is 0 Å². The van der Waals surface area contributed by atoms with Crippen LogP contribution in [0.3, 0.4) is 0 Å². The van der Waals surface area contributed by atoms with Gasteiger partial charge in [-0.05, 0) is 42.7 Å². The monoisotopic (exact) mass is 366 g/mol. The highest BCUT2D eigenvalue weighted by Gasteiger charge is 2.32. The zero-order valence-electron chi connectivity index (χ0n) is 14.9. The summed E-state index contributed by atoms with van der Waals surface area (Å²) in [7, 11) is 1.59. The lowest BCUT2D eigenvalue weighted by Crippen LogP contribution is -2.30. The number of halogens is 1. The molecule has 0 unspecified atom stereocenters. The summed E-state index contributed by atoms with van der Waals surface area (Å²) in [6, 6.07) is 15.3. The maximum atomic E-state index is 13.6. The molecule has 0 saturated carbocycles. The third kappa shape index (κ3) is 3.43. The van der Waals surface area contributed by atoms with Gasteiger partial charge < -0.3 is 14.2 Å². The summed E-state index contributed by atoms with van der Waals surface area (Å²) in [5, 5.41) is 4.03. The number of aromatic nitrogens is 1. The quantitative estimate of drug-likeness (QED) is 0.684. The highest BCUT2D eigenvalue weighted by Crippen LogP contribution is 2.34. The third-order valence-corrected chi connectivity index (χ3v) is 4.83. The van der Waals surface area contributed by atoms with Crippen molar-refractivity contribution in [3.05, 3.63) is 71.7 Å². The van der Waals surface area contributed by atoms with Crippen LogP contribution >= 0.6 is 0 Å². The van der Waals surface area contributed by atoms with Crippen LogP contribution in [0.1, 0.15) is 35.0 Å². The van der Waals surface area contributed by atoms with Gasteiger partial charge in [-0.1, -0.05) is 29.4 Å². The molecule has 3 aromatic rings. The van der Waals surface area contributed by atoms with Crippen LogP contribution < -0.4 is 4.74 Å². The summed E-state index contributed by atoms with van der Waals surface area (Å²) in [6.45, 7) is 0.606. The van der Waals surface area contributed by atoms with Gasteiger partial charge in [0.25, 0.3) is 5.91 Å². The Kier molecular flexibility index (Phi) is 4.62. The highest BCUT2D eigenvalue weighted by molar-refractivity contribution is 5.93. The van der Waals surface area contributed by atoms with Crippen molar-refractivity contribution in [1.29, 1.82) is 0 Å². The van der Waals surface area contributed by atoms with Gasteiger partial charge in [0.1, 0.15) is 17.3 Å². The van der Waals surface area contributed by atoms with Gasteiger partial charge in [0, 0.05) is 18.2 Å². The summed E-state index contributed by atoms with van der Waals surface area (Å²) in [5.41, 5.74) is 2.17. The van der Waals surface area contributed by atoms with Gasteiger partial charge in [-0.25, -0.2) is 4.39 Å². The van der Waals surface area contributed by atoms with E-state index in [2.05, 4.69) is 5.16 Å². The Balaban J connectivity index is 1.58. The minimum absolute atomic E-state index is 0.154. The van der Waals surface area contributed by atoms with Gasteiger partial charge in [0.05, 0.1) is 13.2 Å². The molecule has 0 aliphatic carbocycles. The first-order valence-electron chi connectivity index (χ1n) is 8.83. The number of ether oxygens (including phenoxy) is 1. The fourth-order valence-electron chi connectivity index (χ4n) is 3.51. The zero-order valence-corrected chi connectivity index (χ0v) is 14.9. The van der Waals surface area contributed by atoms with Gasteiger partial charge in [0.2, 0.25) is 5.76 Å². The Morgan fingerprint density at radius 2 is 2.07 bits per heavy atom. The molecule has 0 bridgehead atoms. The maximum absolute atomic E-state index is 13.6. The second-order valence-electron chi connectivity index (χ2n) is 6.52. The average Bonchev–Trinajstić information content (AvgIpc) is 3.37. The van der Waals surface area contributed by atoms with Gasteiger partial charge in [0.15, 0.2) is 0 Å². The molecule has 5 nitrogen and oxygen atoms in total. The first-order valence-corrected chi connectivity index (χ1v) is 8.83. The molecule has 0 N–H and O–H groups in total. The number of amides is 1. The molecule has 1 atom stereocenters. The summed E-state index contributed by atoms with van der Waals surface area (Å²) in [6.07, 6.45) is 1.66. The Morgan fingerprint density at radius 3 is 2.89 bits per heavy atom. The number of methoxy groups -OCH3 is 1. The zero-order chi connectivity index (χ0) is 18.8. The summed E-state index contributed by atoms with van der Waals surface area (Å²) in [5.74, 6) is 0.348. The van der Waals surface area contributed by atoms with Crippen LogP contribution in [0, 0.1) is 5.82 Å². The van der Waals surface area contributed by atoms with Gasteiger partial charge in [-0.15, -0.1) is 0 Å². The first kappa shape index (κ1) is 17.3. The average molecular weight is 366 g/mol. The Bertz CT molecular complexity index is 969. The van der Waals surface area contributed by atoms with Crippen LogP contribution in [0.5, 0.6) is 5.75 Å². The Labute approximate surface area is 156 Å². The first-order chi connectivity index (χ1) is 13.2. The number of carbonyl (C=O) groups is 1. The van der Waals surface area contributed by atoms with Crippen LogP contribution in [0.25, 0.3) is 11.3 Å². The van der Waals surface area contributed by atoms with Crippen molar-refractivity contribution in [2.75, 3.05) is 13.7 Å². The van der Waals surface area contributed by atoms with E-state index in [4.69, 9.17) is 9.26 Å². The van der Waals surface area contributed by atoms with Crippen molar-refractivity contribution in [3.63, 3.8) is 0 Å². The maximum Gasteiger partial charge on any atom is 0.292 e. The van der Waals surface area contributed by atoms with E-state index in [0.717, 1.165) is 24.0 Å². The molecular formula is C21H19FN2O3. The Hall–Kier alpha value is -3.15. The van der Waals surface area contributed by atoms with E-state index in [9.17, 15) is 9.18 Å². The second-order valence-corrected chi connectivity index (χ2v) is 6.52. The molecule has 2 aromatic carbocycles.